The van der Waals surface area contributed by atoms with E-state index in [0.29, 0.717) is 5.56 Å². The minimum Gasteiger partial charge on any atom is -0.277 e. The highest BCUT2D eigenvalue weighted by molar-refractivity contribution is 9.11. The maximum Gasteiger partial charge on any atom is 0.277 e. The molecule has 1 N–H and O–H groups in total. The monoisotopic (exact) mass is 307 g/mol. The van der Waals surface area contributed by atoms with Crippen LogP contribution in [0.25, 0.3) is 0 Å². The molecule has 70 valence electrons. The van der Waals surface area contributed by atoms with Gasteiger partial charge in [0.2, 0.25) is 0 Å². The number of amides is 1. The Morgan fingerprint density at radius 2 is 1.92 bits per heavy atom. The number of benzene rings is 1. The molecule has 0 atom stereocenters. The van der Waals surface area contributed by atoms with Crippen molar-refractivity contribution in [2.24, 2.45) is 0 Å². The third-order valence-electron chi connectivity index (χ3n) is 1.38. The van der Waals surface area contributed by atoms with Crippen molar-refractivity contribution in [2.45, 2.75) is 0 Å². The normalized spacial score (nSPS) is 9.77. The average molecular weight is 309 g/mol. The van der Waals surface area contributed by atoms with Crippen molar-refractivity contribution in [2.75, 3.05) is 7.11 Å². The number of rotatable bonds is 2. The van der Waals surface area contributed by atoms with Crippen LogP contribution in [0, 0.1) is 0 Å². The fraction of sp³-hybridized carbons (Fsp3) is 0.125. The summed E-state index contributed by atoms with van der Waals surface area (Å²) < 4.78 is 1.44. The molecule has 3 nitrogen and oxygen atoms in total. The van der Waals surface area contributed by atoms with Crippen molar-refractivity contribution in [1.29, 1.82) is 0 Å². The predicted molar refractivity (Wildman–Crippen MR) is 56.3 cm³/mol. The third-order valence-corrected chi connectivity index (χ3v) is 2.71. The lowest BCUT2D eigenvalue weighted by molar-refractivity contribution is 0.0536. The van der Waals surface area contributed by atoms with Crippen LogP contribution in [-0.4, -0.2) is 13.0 Å². The van der Waals surface area contributed by atoms with Gasteiger partial charge in [0.05, 0.1) is 12.7 Å². The molecule has 0 radical (unpaired) electrons. The third kappa shape index (κ3) is 2.52. The zero-order chi connectivity index (χ0) is 9.84. The summed E-state index contributed by atoms with van der Waals surface area (Å²) >= 11 is 6.54. The predicted octanol–water partition coefficient (Wildman–Crippen LogP) is 2.50. The minimum absolute atomic E-state index is 0.290. The highest BCUT2D eigenvalue weighted by Crippen LogP contribution is 2.24. The topological polar surface area (TPSA) is 38.3 Å². The quantitative estimate of drug-likeness (QED) is 0.853. The molecular formula is C8H7Br2NO2. The molecule has 5 heteroatoms. The molecule has 0 saturated carbocycles. The Labute approximate surface area is 92.7 Å². The van der Waals surface area contributed by atoms with E-state index in [4.69, 9.17) is 0 Å². The second kappa shape index (κ2) is 4.74. The molecule has 0 unspecified atom stereocenters. The summed E-state index contributed by atoms with van der Waals surface area (Å²) in [4.78, 5) is 15.9. The lowest BCUT2D eigenvalue weighted by Crippen LogP contribution is -2.22. The second-order valence-corrected chi connectivity index (χ2v) is 3.94. The van der Waals surface area contributed by atoms with Crippen molar-refractivity contribution in [1.82, 2.24) is 5.48 Å². The summed E-state index contributed by atoms with van der Waals surface area (Å²) in [6, 6.07) is 5.41. The first-order valence-corrected chi connectivity index (χ1v) is 5.02. The molecule has 13 heavy (non-hydrogen) atoms. The van der Waals surface area contributed by atoms with Crippen molar-refractivity contribution in [3.63, 3.8) is 0 Å². The van der Waals surface area contributed by atoms with Gasteiger partial charge in [0.25, 0.3) is 5.91 Å². The van der Waals surface area contributed by atoms with E-state index in [1.54, 1.807) is 12.1 Å². The van der Waals surface area contributed by atoms with E-state index in [-0.39, 0.29) is 5.91 Å². The summed E-state index contributed by atoms with van der Waals surface area (Å²) in [6.45, 7) is 0. The van der Waals surface area contributed by atoms with Gasteiger partial charge in [-0.15, -0.1) is 0 Å². The smallest absolute Gasteiger partial charge is 0.277 e. The molecule has 1 rings (SSSR count). The number of carbonyl (C=O) groups is 1. The van der Waals surface area contributed by atoms with Gasteiger partial charge >= 0.3 is 0 Å². The standard InChI is InChI=1S/C8H7Br2NO2/c1-13-11-8(12)7-5(9)3-2-4-6(7)10/h2-4H,1H3,(H,11,12). The van der Waals surface area contributed by atoms with Crippen molar-refractivity contribution in [3.05, 3.63) is 32.7 Å². The fourth-order valence-electron chi connectivity index (χ4n) is 0.858. The van der Waals surface area contributed by atoms with Gasteiger partial charge < -0.3 is 0 Å². The highest BCUT2D eigenvalue weighted by atomic mass is 79.9. The molecular weight excluding hydrogens is 302 g/mol. The molecule has 1 amide bonds. The maximum atomic E-state index is 11.4. The van der Waals surface area contributed by atoms with Crippen LogP contribution in [0.4, 0.5) is 0 Å². The molecule has 0 aliphatic rings. The van der Waals surface area contributed by atoms with Gasteiger partial charge in [0.15, 0.2) is 0 Å². The second-order valence-electron chi connectivity index (χ2n) is 2.23. The Hall–Kier alpha value is -0.390. The van der Waals surface area contributed by atoms with Crippen molar-refractivity contribution in [3.8, 4) is 0 Å². The number of halogens is 2. The maximum absolute atomic E-state index is 11.4. The summed E-state index contributed by atoms with van der Waals surface area (Å²) in [7, 11) is 1.39. The number of carbonyl (C=O) groups excluding carboxylic acids is 1. The summed E-state index contributed by atoms with van der Waals surface area (Å²) in [5.74, 6) is -0.290. The van der Waals surface area contributed by atoms with Gasteiger partial charge in [-0.1, -0.05) is 6.07 Å². The Morgan fingerprint density at radius 1 is 1.38 bits per heavy atom. The average Bonchev–Trinajstić information content (AvgIpc) is 2.04. The lowest BCUT2D eigenvalue weighted by Gasteiger charge is -2.05. The molecule has 1 aromatic rings. The Balaban J connectivity index is 3.05. The van der Waals surface area contributed by atoms with E-state index in [2.05, 4.69) is 42.2 Å². The fourth-order valence-corrected chi connectivity index (χ4v) is 2.22. The molecule has 0 bridgehead atoms. The van der Waals surface area contributed by atoms with Gasteiger partial charge in [-0.25, -0.2) is 5.48 Å². The van der Waals surface area contributed by atoms with Crippen LogP contribution in [0.1, 0.15) is 10.4 Å². The van der Waals surface area contributed by atoms with E-state index in [1.807, 2.05) is 6.07 Å². The highest BCUT2D eigenvalue weighted by Gasteiger charge is 2.12. The summed E-state index contributed by atoms with van der Waals surface area (Å²) in [6.07, 6.45) is 0. The molecule has 0 aliphatic heterocycles. The number of hydrogen-bond donors (Lipinski definition) is 1. The van der Waals surface area contributed by atoms with Gasteiger partial charge in [0.1, 0.15) is 0 Å². The number of hydrogen-bond acceptors (Lipinski definition) is 2. The molecule has 0 heterocycles. The van der Waals surface area contributed by atoms with E-state index in [0.717, 1.165) is 8.95 Å². The van der Waals surface area contributed by atoms with Crippen LogP contribution in [-0.2, 0) is 4.84 Å². The molecule has 0 spiro atoms. The van der Waals surface area contributed by atoms with Crippen molar-refractivity contribution < 1.29 is 9.63 Å². The molecule has 0 aliphatic carbocycles. The van der Waals surface area contributed by atoms with Crippen LogP contribution in [0.5, 0.6) is 0 Å². The zero-order valence-electron chi connectivity index (χ0n) is 6.80. The number of hydroxylamine groups is 1. The SMILES string of the molecule is CONC(=O)c1c(Br)cccc1Br. The number of nitrogens with one attached hydrogen (secondary N) is 1. The minimum atomic E-state index is -0.290. The Morgan fingerprint density at radius 3 is 2.38 bits per heavy atom. The van der Waals surface area contributed by atoms with Crippen LogP contribution in [0.15, 0.2) is 27.1 Å². The van der Waals surface area contributed by atoms with Gasteiger partial charge in [0, 0.05) is 8.95 Å². The first kappa shape index (κ1) is 10.7. The summed E-state index contributed by atoms with van der Waals surface area (Å²) in [5.41, 5.74) is 2.76. The van der Waals surface area contributed by atoms with Gasteiger partial charge in [-0.05, 0) is 44.0 Å². The first-order valence-electron chi connectivity index (χ1n) is 3.44. The Kier molecular flexibility index (Phi) is 3.90. The zero-order valence-corrected chi connectivity index (χ0v) is 9.98. The summed E-state index contributed by atoms with van der Waals surface area (Å²) in [5, 5.41) is 0. The Bertz CT molecular complexity index is 308. The molecule has 0 fully saturated rings. The van der Waals surface area contributed by atoms with Crippen molar-refractivity contribution >= 4 is 37.8 Å². The van der Waals surface area contributed by atoms with Gasteiger partial charge in [-0.2, -0.15) is 0 Å². The lowest BCUT2D eigenvalue weighted by atomic mass is 10.2. The van der Waals surface area contributed by atoms with E-state index >= 15 is 0 Å². The van der Waals surface area contributed by atoms with Crippen LogP contribution in [0.3, 0.4) is 0 Å². The van der Waals surface area contributed by atoms with E-state index in [9.17, 15) is 4.79 Å². The van der Waals surface area contributed by atoms with E-state index < -0.39 is 0 Å². The molecule has 0 aromatic heterocycles. The first-order chi connectivity index (χ1) is 6.16. The van der Waals surface area contributed by atoms with Crippen LogP contribution >= 0.6 is 31.9 Å². The van der Waals surface area contributed by atoms with Crippen LogP contribution in [0.2, 0.25) is 0 Å². The van der Waals surface area contributed by atoms with Gasteiger partial charge in [-0.3, -0.25) is 9.63 Å². The largest absolute Gasteiger partial charge is 0.277 e. The molecule has 1 aromatic carbocycles. The van der Waals surface area contributed by atoms with Crippen LogP contribution < -0.4 is 5.48 Å². The molecule has 0 saturated heterocycles. The van der Waals surface area contributed by atoms with E-state index in [1.165, 1.54) is 7.11 Å².